The molecule has 1 atom stereocenters. The minimum Gasteiger partial charge on any atom is -0.382 e. The summed E-state index contributed by atoms with van der Waals surface area (Å²) in [5.74, 6) is -0.316. The molecule has 118 valence electrons. The number of carbonyl (C=O) groups excluding carboxylic acids is 1. The van der Waals surface area contributed by atoms with E-state index in [9.17, 15) is 13.2 Å². The highest BCUT2D eigenvalue weighted by atomic mass is 35.7. The number of hydrogen-bond acceptors (Lipinski definition) is 5. The van der Waals surface area contributed by atoms with Crippen LogP contribution in [0.3, 0.4) is 0 Å². The van der Waals surface area contributed by atoms with E-state index in [-0.39, 0.29) is 23.5 Å². The number of carbonyl (C=O) groups is 1. The number of halogens is 1. The molecule has 8 heteroatoms. The van der Waals surface area contributed by atoms with Gasteiger partial charge in [-0.1, -0.05) is 0 Å². The van der Waals surface area contributed by atoms with E-state index < -0.39 is 9.05 Å². The fourth-order valence-electron chi connectivity index (χ4n) is 1.74. The predicted octanol–water partition coefficient (Wildman–Crippen LogP) is 1.31. The van der Waals surface area contributed by atoms with Gasteiger partial charge in [0, 0.05) is 37.0 Å². The van der Waals surface area contributed by atoms with Gasteiger partial charge in [0.1, 0.15) is 0 Å². The van der Waals surface area contributed by atoms with Crippen molar-refractivity contribution in [3.05, 3.63) is 29.3 Å². The maximum Gasteiger partial charge on any atom is 0.261 e. The van der Waals surface area contributed by atoms with Crippen LogP contribution in [0.2, 0.25) is 0 Å². The van der Waals surface area contributed by atoms with Gasteiger partial charge in [-0.25, -0.2) is 8.42 Å². The summed E-state index contributed by atoms with van der Waals surface area (Å²) < 4.78 is 32.5. The molecule has 1 unspecified atom stereocenters. The third-order valence-corrected chi connectivity index (χ3v) is 4.25. The van der Waals surface area contributed by atoms with Crippen molar-refractivity contribution in [3.63, 3.8) is 0 Å². The first-order valence-electron chi connectivity index (χ1n) is 6.14. The zero-order valence-electron chi connectivity index (χ0n) is 12.1. The number of amides is 1. The third-order valence-electron chi connectivity index (χ3n) is 2.90. The van der Waals surface area contributed by atoms with Crippen molar-refractivity contribution in [1.82, 2.24) is 5.32 Å². The lowest BCUT2D eigenvalue weighted by Gasteiger charge is -2.15. The highest BCUT2D eigenvalue weighted by molar-refractivity contribution is 8.13. The van der Waals surface area contributed by atoms with E-state index in [4.69, 9.17) is 20.2 Å². The molecule has 1 amide bonds. The van der Waals surface area contributed by atoms with Crippen molar-refractivity contribution in [3.8, 4) is 0 Å². The summed E-state index contributed by atoms with van der Waals surface area (Å²) in [4.78, 5) is 12.0. The van der Waals surface area contributed by atoms with Crippen LogP contribution < -0.4 is 5.32 Å². The molecule has 1 aromatic rings. The minimum atomic E-state index is -3.80. The molecule has 0 spiro atoms. The average molecular weight is 336 g/mol. The number of hydrogen-bond donors (Lipinski definition) is 1. The van der Waals surface area contributed by atoms with E-state index in [1.54, 1.807) is 14.0 Å². The molecule has 0 aromatic heterocycles. The van der Waals surface area contributed by atoms with Crippen molar-refractivity contribution < 1.29 is 22.7 Å². The number of methoxy groups -OCH3 is 2. The predicted molar refractivity (Wildman–Crippen MR) is 79.2 cm³/mol. The zero-order valence-corrected chi connectivity index (χ0v) is 13.6. The molecule has 0 aliphatic heterocycles. The van der Waals surface area contributed by atoms with Gasteiger partial charge in [0.05, 0.1) is 17.6 Å². The Labute approximate surface area is 128 Å². The minimum absolute atomic E-state index is 0.0348. The summed E-state index contributed by atoms with van der Waals surface area (Å²) in [6.07, 6.45) is -0.248. The van der Waals surface area contributed by atoms with E-state index in [2.05, 4.69) is 5.32 Å². The van der Waals surface area contributed by atoms with Crippen molar-refractivity contribution in [2.24, 2.45) is 0 Å². The van der Waals surface area contributed by atoms with Gasteiger partial charge in [-0.15, -0.1) is 0 Å². The lowest BCUT2D eigenvalue weighted by molar-refractivity contribution is 0.0285. The molecule has 0 bridgehead atoms. The van der Waals surface area contributed by atoms with Gasteiger partial charge in [-0.2, -0.15) is 0 Å². The summed E-state index contributed by atoms with van der Waals surface area (Å²) in [5, 5.41) is 2.71. The zero-order chi connectivity index (χ0) is 16.0. The van der Waals surface area contributed by atoms with E-state index in [1.807, 2.05) is 0 Å². The number of benzene rings is 1. The fourth-order valence-corrected chi connectivity index (χ4v) is 2.58. The summed E-state index contributed by atoms with van der Waals surface area (Å²) in [6, 6.07) is 4.09. The maximum absolute atomic E-state index is 12.1. The average Bonchev–Trinajstić information content (AvgIpc) is 2.41. The van der Waals surface area contributed by atoms with Crippen LogP contribution in [0.5, 0.6) is 0 Å². The maximum atomic E-state index is 12.1. The van der Waals surface area contributed by atoms with Crippen LogP contribution in [0.1, 0.15) is 15.9 Å². The number of aryl methyl sites for hydroxylation is 1. The second-order valence-electron chi connectivity index (χ2n) is 4.44. The molecule has 6 nitrogen and oxygen atoms in total. The Morgan fingerprint density at radius 2 is 2.05 bits per heavy atom. The number of nitrogens with one attached hydrogen (secondary N) is 1. The second kappa shape index (κ2) is 7.74. The summed E-state index contributed by atoms with van der Waals surface area (Å²) >= 11 is 0. The van der Waals surface area contributed by atoms with E-state index in [0.29, 0.717) is 17.7 Å². The normalized spacial score (nSPS) is 13.0. The molecule has 1 aromatic carbocycles. The van der Waals surface area contributed by atoms with Crippen molar-refractivity contribution >= 4 is 25.6 Å². The quantitative estimate of drug-likeness (QED) is 0.760. The number of rotatable bonds is 7. The largest absolute Gasteiger partial charge is 0.382 e. The first-order valence-corrected chi connectivity index (χ1v) is 8.45. The summed E-state index contributed by atoms with van der Waals surface area (Å²) in [6.45, 7) is 2.29. The van der Waals surface area contributed by atoms with Crippen LogP contribution in [-0.4, -0.2) is 47.8 Å². The standard InChI is InChI=1S/C13H18ClNO5S/c1-9-6-11(21(14,17)18)4-5-12(9)13(16)15-7-10(20-3)8-19-2/h4-6,10H,7-8H2,1-3H3,(H,15,16). The smallest absolute Gasteiger partial charge is 0.261 e. The molecule has 0 heterocycles. The monoisotopic (exact) mass is 335 g/mol. The van der Waals surface area contributed by atoms with Crippen LogP contribution in [0.15, 0.2) is 23.1 Å². The lowest BCUT2D eigenvalue weighted by atomic mass is 10.1. The first-order chi connectivity index (χ1) is 9.79. The Morgan fingerprint density at radius 3 is 2.52 bits per heavy atom. The van der Waals surface area contributed by atoms with Crippen LogP contribution in [0.25, 0.3) is 0 Å². The molecule has 0 radical (unpaired) electrons. The Morgan fingerprint density at radius 1 is 1.38 bits per heavy atom. The Hall–Kier alpha value is -1.15. The summed E-state index contributed by atoms with van der Waals surface area (Å²) in [7, 11) is 4.53. The van der Waals surface area contributed by atoms with E-state index >= 15 is 0 Å². The SMILES string of the molecule is COCC(CNC(=O)c1ccc(S(=O)(=O)Cl)cc1C)OC. The van der Waals surface area contributed by atoms with E-state index in [0.717, 1.165) is 0 Å². The molecule has 0 saturated carbocycles. The molecule has 0 fully saturated rings. The Kier molecular flexibility index (Phi) is 6.60. The molecule has 0 saturated heterocycles. The van der Waals surface area contributed by atoms with Gasteiger partial charge >= 0.3 is 0 Å². The highest BCUT2D eigenvalue weighted by Gasteiger charge is 2.16. The second-order valence-corrected chi connectivity index (χ2v) is 7.00. The summed E-state index contributed by atoms with van der Waals surface area (Å²) in [5.41, 5.74) is 0.904. The van der Waals surface area contributed by atoms with Gasteiger partial charge in [0.2, 0.25) is 0 Å². The van der Waals surface area contributed by atoms with Crippen molar-refractivity contribution in [2.75, 3.05) is 27.4 Å². The molecule has 1 rings (SSSR count). The van der Waals surface area contributed by atoms with Crippen LogP contribution in [0, 0.1) is 6.92 Å². The number of ether oxygens (including phenoxy) is 2. The van der Waals surface area contributed by atoms with Crippen LogP contribution in [0.4, 0.5) is 0 Å². The fraction of sp³-hybridized carbons (Fsp3) is 0.462. The van der Waals surface area contributed by atoms with Gasteiger partial charge in [0.15, 0.2) is 0 Å². The van der Waals surface area contributed by atoms with E-state index in [1.165, 1.54) is 25.3 Å². The van der Waals surface area contributed by atoms with Crippen molar-refractivity contribution in [1.29, 1.82) is 0 Å². The van der Waals surface area contributed by atoms with Gasteiger partial charge < -0.3 is 14.8 Å². The Bertz CT molecular complexity index is 603. The topological polar surface area (TPSA) is 81.7 Å². The first kappa shape index (κ1) is 17.9. The molecular weight excluding hydrogens is 318 g/mol. The van der Waals surface area contributed by atoms with Gasteiger partial charge in [0.25, 0.3) is 15.0 Å². The van der Waals surface area contributed by atoms with Gasteiger partial charge in [-0.3, -0.25) is 4.79 Å². The molecule has 0 aliphatic rings. The van der Waals surface area contributed by atoms with Crippen molar-refractivity contribution in [2.45, 2.75) is 17.9 Å². The Balaban J connectivity index is 2.80. The molecule has 21 heavy (non-hydrogen) atoms. The third kappa shape index (κ3) is 5.28. The van der Waals surface area contributed by atoms with Crippen LogP contribution >= 0.6 is 10.7 Å². The molecule has 0 aliphatic carbocycles. The van der Waals surface area contributed by atoms with Gasteiger partial charge in [-0.05, 0) is 30.7 Å². The highest BCUT2D eigenvalue weighted by Crippen LogP contribution is 2.18. The molecule has 1 N–H and O–H groups in total. The molecular formula is C13H18ClNO5S. The lowest BCUT2D eigenvalue weighted by Crippen LogP contribution is -2.35. The van der Waals surface area contributed by atoms with Crippen LogP contribution in [-0.2, 0) is 18.5 Å².